The highest BCUT2D eigenvalue weighted by atomic mass is 35.5. The number of para-hydroxylation sites is 1. The summed E-state index contributed by atoms with van der Waals surface area (Å²) in [6.45, 7) is 5.43. The molecular weight excluding hydrogens is 340 g/mol. The molecule has 5 nitrogen and oxygen atoms in total. The van der Waals surface area contributed by atoms with Crippen LogP contribution in [0.2, 0.25) is 5.02 Å². The van der Waals surface area contributed by atoms with Crippen LogP contribution in [-0.4, -0.2) is 24.0 Å². The van der Waals surface area contributed by atoms with E-state index in [0.29, 0.717) is 22.0 Å². The first-order chi connectivity index (χ1) is 11.9. The molecule has 0 spiro atoms. The molecule has 1 atom stereocenters. The third-order valence-electron chi connectivity index (χ3n) is 3.34. The van der Waals surface area contributed by atoms with E-state index in [1.165, 1.54) is 0 Å². The van der Waals surface area contributed by atoms with E-state index in [9.17, 15) is 9.59 Å². The number of rotatable bonds is 6. The Kier molecular flexibility index (Phi) is 6.42. The number of hydrogen-bond donors (Lipinski definition) is 2. The number of nitrogens with one attached hydrogen (secondary N) is 2. The molecule has 132 valence electrons. The molecule has 0 bridgehead atoms. The van der Waals surface area contributed by atoms with Gasteiger partial charge >= 0.3 is 0 Å². The van der Waals surface area contributed by atoms with Gasteiger partial charge in [0.05, 0.1) is 5.02 Å². The van der Waals surface area contributed by atoms with Gasteiger partial charge in [0.1, 0.15) is 5.75 Å². The van der Waals surface area contributed by atoms with Crippen LogP contribution in [-0.2, 0) is 4.79 Å². The molecule has 0 aromatic heterocycles. The Morgan fingerprint density at radius 3 is 2.24 bits per heavy atom. The maximum absolute atomic E-state index is 12.2. The van der Waals surface area contributed by atoms with Gasteiger partial charge in [-0.3, -0.25) is 9.59 Å². The van der Waals surface area contributed by atoms with Crippen LogP contribution >= 0.6 is 11.6 Å². The van der Waals surface area contributed by atoms with Crippen LogP contribution in [0.5, 0.6) is 5.75 Å². The lowest BCUT2D eigenvalue weighted by Gasteiger charge is -2.15. The fraction of sp³-hybridized carbons (Fsp3) is 0.263. The monoisotopic (exact) mass is 360 g/mol. The Morgan fingerprint density at radius 1 is 1.00 bits per heavy atom. The van der Waals surface area contributed by atoms with Crippen molar-refractivity contribution in [1.82, 2.24) is 5.32 Å². The summed E-state index contributed by atoms with van der Waals surface area (Å²) in [7, 11) is 0. The molecule has 0 fully saturated rings. The summed E-state index contributed by atoms with van der Waals surface area (Å²) in [4.78, 5) is 24.1. The average Bonchev–Trinajstić information content (AvgIpc) is 2.56. The van der Waals surface area contributed by atoms with Gasteiger partial charge in [-0.2, -0.15) is 0 Å². The number of carbonyl (C=O) groups excluding carboxylic acids is 2. The van der Waals surface area contributed by atoms with Crippen LogP contribution in [0.3, 0.4) is 0 Å². The van der Waals surface area contributed by atoms with Crippen molar-refractivity contribution in [3.05, 3.63) is 59.1 Å². The SMILES string of the molecule is CC(C)NC(=O)c1ccc(NC(=O)C(C)Oc2ccccc2Cl)cc1. The molecule has 2 rings (SSSR count). The van der Waals surface area contributed by atoms with Gasteiger partial charge < -0.3 is 15.4 Å². The summed E-state index contributed by atoms with van der Waals surface area (Å²) < 4.78 is 5.58. The molecule has 0 aliphatic heterocycles. The van der Waals surface area contributed by atoms with Crippen molar-refractivity contribution in [2.45, 2.75) is 32.9 Å². The molecule has 0 aliphatic carbocycles. The summed E-state index contributed by atoms with van der Waals surface area (Å²) in [5.41, 5.74) is 1.12. The Morgan fingerprint density at radius 2 is 1.64 bits per heavy atom. The zero-order chi connectivity index (χ0) is 18.4. The second-order valence-corrected chi connectivity index (χ2v) is 6.29. The zero-order valence-corrected chi connectivity index (χ0v) is 15.1. The number of halogens is 1. The molecule has 0 saturated carbocycles. The molecule has 0 saturated heterocycles. The van der Waals surface area contributed by atoms with E-state index >= 15 is 0 Å². The van der Waals surface area contributed by atoms with Crippen molar-refractivity contribution < 1.29 is 14.3 Å². The maximum atomic E-state index is 12.2. The van der Waals surface area contributed by atoms with Crippen LogP contribution in [0.15, 0.2) is 48.5 Å². The Labute approximate surface area is 152 Å². The number of amides is 2. The Hall–Kier alpha value is -2.53. The largest absolute Gasteiger partial charge is 0.479 e. The van der Waals surface area contributed by atoms with Crippen LogP contribution in [0.1, 0.15) is 31.1 Å². The summed E-state index contributed by atoms with van der Waals surface area (Å²) in [5.74, 6) is -0.00452. The van der Waals surface area contributed by atoms with Gasteiger partial charge in [-0.25, -0.2) is 0 Å². The first kappa shape index (κ1) is 18.8. The van der Waals surface area contributed by atoms with Crippen molar-refractivity contribution in [2.24, 2.45) is 0 Å². The number of hydrogen-bond acceptors (Lipinski definition) is 3. The Balaban J connectivity index is 1.96. The van der Waals surface area contributed by atoms with Gasteiger partial charge in [0, 0.05) is 17.3 Å². The fourth-order valence-corrected chi connectivity index (χ4v) is 2.26. The first-order valence-electron chi connectivity index (χ1n) is 8.00. The van der Waals surface area contributed by atoms with Gasteiger partial charge in [-0.05, 0) is 57.2 Å². The third-order valence-corrected chi connectivity index (χ3v) is 3.66. The highest BCUT2D eigenvalue weighted by molar-refractivity contribution is 6.32. The molecule has 0 radical (unpaired) electrons. The van der Waals surface area contributed by atoms with Gasteiger partial charge in [0.2, 0.25) is 0 Å². The number of anilines is 1. The quantitative estimate of drug-likeness (QED) is 0.821. The number of carbonyl (C=O) groups is 2. The summed E-state index contributed by atoms with van der Waals surface area (Å²) >= 11 is 6.02. The zero-order valence-electron chi connectivity index (χ0n) is 14.4. The minimum atomic E-state index is -0.719. The predicted molar refractivity (Wildman–Crippen MR) is 99.2 cm³/mol. The van der Waals surface area contributed by atoms with Gasteiger partial charge in [-0.15, -0.1) is 0 Å². The first-order valence-corrected chi connectivity index (χ1v) is 8.37. The molecule has 1 unspecified atom stereocenters. The van der Waals surface area contributed by atoms with E-state index < -0.39 is 6.10 Å². The van der Waals surface area contributed by atoms with Gasteiger partial charge in [-0.1, -0.05) is 23.7 Å². The van der Waals surface area contributed by atoms with Crippen LogP contribution in [0, 0.1) is 0 Å². The lowest BCUT2D eigenvalue weighted by Crippen LogP contribution is -2.31. The molecule has 2 aromatic carbocycles. The topological polar surface area (TPSA) is 67.4 Å². The molecule has 2 aromatic rings. The van der Waals surface area contributed by atoms with Gasteiger partial charge in [0.15, 0.2) is 6.10 Å². The lowest BCUT2D eigenvalue weighted by molar-refractivity contribution is -0.122. The standard InChI is InChI=1S/C19H21ClN2O3/c1-12(2)21-19(24)14-8-10-15(11-9-14)22-18(23)13(3)25-17-7-5-4-6-16(17)20/h4-13H,1-3H3,(H,21,24)(H,22,23). The van der Waals surface area contributed by atoms with Crippen LogP contribution in [0.4, 0.5) is 5.69 Å². The highest BCUT2D eigenvalue weighted by Gasteiger charge is 2.16. The second-order valence-electron chi connectivity index (χ2n) is 5.89. The fourth-order valence-electron chi connectivity index (χ4n) is 2.08. The van der Waals surface area contributed by atoms with E-state index in [2.05, 4.69) is 10.6 Å². The number of ether oxygens (including phenoxy) is 1. The van der Waals surface area contributed by atoms with E-state index in [1.54, 1.807) is 55.5 Å². The van der Waals surface area contributed by atoms with E-state index in [4.69, 9.17) is 16.3 Å². The Bertz CT molecular complexity index is 745. The molecule has 6 heteroatoms. The number of benzene rings is 2. The van der Waals surface area contributed by atoms with Crippen LogP contribution in [0.25, 0.3) is 0 Å². The van der Waals surface area contributed by atoms with Crippen molar-refractivity contribution >= 4 is 29.1 Å². The molecular formula is C19H21ClN2O3. The minimum Gasteiger partial charge on any atom is -0.479 e. The molecule has 25 heavy (non-hydrogen) atoms. The highest BCUT2D eigenvalue weighted by Crippen LogP contribution is 2.24. The minimum absolute atomic E-state index is 0.0645. The van der Waals surface area contributed by atoms with Crippen molar-refractivity contribution in [1.29, 1.82) is 0 Å². The molecule has 0 heterocycles. The van der Waals surface area contributed by atoms with E-state index in [1.807, 2.05) is 13.8 Å². The predicted octanol–water partition coefficient (Wildman–Crippen LogP) is 3.88. The second kappa shape index (κ2) is 8.53. The summed E-state index contributed by atoms with van der Waals surface area (Å²) in [6.07, 6.45) is -0.719. The summed E-state index contributed by atoms with van der Waals surface area (Å²) in [6, 6.07) is 13.7. The van der Waals surface area contributed by atoms with Gasteiger partial charge in [0.25, 0.3) is 11.8 Å². The van der Waals surface area contributed by atoms with Crippen molar-refractivity contribution in [2.75, 3.05) is 5.32 Å². The van der Waals surface area contributed by atoms with Crippen molar-refractivity contribution in [3.8, 4) is 5.75 Å². The summed E-state index contributed by atoms with van der Waals surface area (Å²) in [5, 5.41) is 6.01. The van der Waals surface area contributed by atoms with E-state index in [0.717, 1.165) is 0 Å². The van der Waals surface area contributed by atoms with E-state index in [-0.39, 0.29) is 17.9 Å². The third kappa shape index (κ3) is 5.50. The average molecular weight is 361 g/mol. The maximum Gasteiger partial charge on any atom is 0.265 e. The molecule has 2 amide bonds. The van der Waals surface area contributed by atoms with Crippen LogP contribution < -0.4 is 15.4 Å². The molecule has 2 N–H and O–H groups in total. The molecule has 0 aliphatic rings. The van der Waals surface area contributed by atoms with Crippen molar-refractivity contribution in [3.63, 3.8) is 0 Å². The normalized spacial score (nSPS) is 11.7. The smallest absolute Gasteiger partial charge is 0.265 e. The lowest BCUT2D eigenvalue weighted by atomic mass is 10.2.